The second-order valence-electron chi connectivity index (χ2n) is 7.54. The van der Waals surface area contributed by atoms with Crippen LogP contribution in [0.4, 0.5) is 5.69 Å². The van der Waals surface area contributed by atoms with Gasteiger partial charge in [-0.3, -0.25) is 9.69 Å². The number of morpholine rings is 1. The van der Waals surface area contributed by atoms with Crippen molar-refractivity contribution in [1.82, 2.24) is 10.2 Å². The first kappa shape index (κ1) is 20.4. The van der Waals surface area contributed by atoms with Crippen LogP contribution in [0.25, 0.3) is 0 Å². The summed E-state index contributed by atoms with van der Waals surface area (Å²) in [6.07, 6.45) is 1.57. The Morgan fingerprint density at radius 2 is 1.71 bits per heavy atom. The third-order valence-corrected chi connectivity index (χ3v) is 5.63. The van der Waals surface area contributed by atoms with Crippen LogP contribution in [0.5, 0.6) is 0 Å². The standard InChI is InChI=1S/C23H31N3O2/c1-4-23(25(2)3,18-19-8-6-5-7-9-19)24-22(27)20-10-12-21(13-11-20)26-14-16-28-17-15-26/h5-13H,4,14-18H2,1-3H3,(H,24,27). The van der Waals surface area contributed by atoms with Gasteiger partial charge in [0.05, 0.1) is 18.9 Å². The molecule has 0 spiro atoms. The summed E-state index contributed by atoms with van der Waals surface area (Å²) in [7, 11) is 4.04. The van der Waals surface area contributed by atoms with Gasteiger partial charge in [0.25, 0.3) is 5.91 Å². The number of anilines is 1. The van der Waals surface area contributed by atoms with Crippen molar-refractivity contribution in [2.75, 3.05) is 45.3 Å². The summed E-state index contributed by atoms with van der Waals surface area (Å²) in [5.74, 6) is -0.0417. The van der Waals surface area contributed by atoms with Crippen molar-refractivity contribution >= 4 is 11.6 Å². The monoisotopic (exact) mass is 381 g/mol. The Morgan fingerprint density at radius 3 is 2.29 bits per heavy atom. The SMILES string of the molecule is CCC(Cc1ccccc1)(NC(=O)c1ccc(N2CCOCC2)cc1)N(C)C. The van der Waals surface area contributed by atoms with Gasteiger partial charge in [-0.2, -0.15) is 0 Å². The normalized spacial score (nSPS) is 16.6. The maximum Gasteiger partial charge on any atom is 0.252 e. The molecule has 150 valence electrons. The van der Waals surface area contributed by atoms with Crippen molar-refractivity contribution in [3.05, 3.63) is 65.7 Å². The van der Waals surface area contributed by atoms with Gasteiger partial charge in [0, 0.05) is 30.8 Å². The van der Waals surface area contributed by atoms with Crippen LogP contribution in [0.15, 0.2) is 54.6 Å². The van der Waals surface area contributed by atoms with E-state index >= 15 is 0 Å². The van der Waals surface area contributed by atoms with Gasteiger partial charge in [0.2, 0.25) is 0 Å². The third-order valence-electron chi connectivity index (χ3n) is 5.63. The first-order chi connectivity index (χ1) is 13.5. The highest BCUT2D eigenvalue weighted by Gasteiger charge is 2.33. The zero-order chi connectivity index (χ0) is 20.0. The van der Waals surface area contributed by atoms with E-state index in [-0.39, 0.29) is 5.91 Å². The highest BCUT2D eigenvalue weighted by molar-refractivity contribution is 5.95. The van der Waals surface area contributed by atoms with Gasteiger partial charge < -0.3 is 15.0 Å². The molecule has 0 saturated carbocycles. The molecular formula is C23H31N3O2. The minimum Gasteiger partial charge on any atom is -0.378 e. The summed E-state index contributed by atoms with van der Waals surface area (Å²) in [5, 5.41) is 3.30. The predicted molar refractivity (Wildman–Crippen MR) is 114 cm³/mol. The van der Waals surface area contributed by atoms with E-state index in [0.717, 1.165) is 44.8 Å². The Morgan fingerprint density at radius 1 is 1.07 bits per heavy atom. The molecule has 1 heterocycles. The van der Waals surface area contributed by atoms with E-state index in [9.17, 15) is 4.79 Å². The number of benzene rings is 2. The van der Waals surface area contributed by atoms with E-state index < -0.39 is 5.66 Å². The van der Waals surface area contributed by atoms with Crippen molar-refractivity contribution in [3.8, 4) is 0 Å². The minimum absolute atomic E-state index is 0.0417. The van der Waals surface area contributed by atoms with Crippen LogP contribution >= 0.6 is 0 Å². The lowest BCUT2D eigenvalue weighted by atomic mass is 9.95. The van der Waals surface area contributed by atoms with Crippen molar-refractivity contribution < 1.29 is 9.53 Å². The second kappa shape index (κ2) is 9.22. The van der Waals surface area contributed by atoms with Crippen molar-refractivity contribution in [3.63, 3.8) is 0 Å². The van der Waals surface area contributed by atoms with Crippen molar-refractivity contribution in [2.45, 2.75) is 25.4 Å². The van der Waals surface area contributed by atoms with E-state index in [2.05, 4.69) is 34.2 Å². The first-order valence-electron chi connectivity index (χ1n) is 10.0. The average Bonchev–Trinajstić information content (AvgIpc) is 2.74. The predicted octanol–water partition coefficient (Wildman–Crippen LogP) is 3.16. The number of rotatable bonds is 7. The molecule has 1 aliphatic heterocycles. The van der Waals surface area contributed by atoms with E-state index in [4.69, 9.17) is 4.74 Å². The van der Waals surface area contributed by atoms with E-state index in [1.165, 1.54) is 5.56 Å². The molecule has 28 heavy (non-hydrogen) atoms. The Hall–Kier alpha value is -2.37. The van der Waals surface area contributed by atoms with Gasteiger partial charge in [-0.1, -0.05) is 37.3 Å². The van der Waals surface area contributed by atoms with E-state index in [0.29, 0.717) is 5.56 Å². The third kappa shape index (κ3) is 4.72. The molecule has 1 aliphatic rings. The molecule has 0 aliphatic carbocycles. The van der Waals surface area contributed by atoms with E-state index in [1.54, 1.807) is 0 Å². The molecule has 1 amide bonds. The van der Waals surface area contributed by atoms with Gasteiger partial charge >= 0.3 is 0 Å². The zero-order valence-electron chi connectivity index (χ0n) is 17.1. The molecule has 1 saturated heterocycles. The van der Waals surface area contributed by atoms with Gasteiger partial charge in [-0.25, -0.2) is 0 Å². The van der Waals surface area contributed by atoms with Crippen LogP contribution in [0, 0.1) is 0 Å². The molecule has 3 rings (SSSR count). The summed E-state index contributed by atoms with van der Waals surface area (Å²) in [6, 6.07) is 18.2. The van der Waals surface area contributed by atoms with Crippen molar-refractivity contribution in [1.29, 1.82) is 0 Å². The fourth-order valence-corrected chi connectivity index (χ4v) is 3.71. The molecule has 0 aromatic heterocycles. The maximum absolute atomic E-state index is 13.0. The smallest absolute Gasteiger partial charge is 0.252 e. The van der Waals surface area contributed by atoms with Crippen LogP contribution < -0.4 is 10.2 Å². The van der Waals surface area contributed by atoms with Crippen LogP contribution in [-0.4, -0.2) is 56.9 Å². The first-order valence-corrected chi connectivity index (χ1v) is 10.0. The molecule has 2 aromatic carbocycles. The van der Waals surface area contributed by atoms with Crippen LogP contribution in [0.2, 0.25) is 0 Å². The number of ether oxygens (including phenoxy) is 1. The number of carbonyl (C=O) groups is 1. The quantitative estimate of drug-likeness (QED) is 0.749. The number of likely N-dealkylation sites (N-methyl/N-ethyl adjacent to an activating group) is 1. The molecule has 1 atom stereocenters. The lowest BCUT2D eigenvalue weighted by Crippen LogP contribution is -2.59. The van der Waals surface area contributed by atoms with E-state index in [1.807, 2.05) is 56.6 Å². The zero-order valence-corrected chi connectivity index (χ0v) is 17.1. The Balaban J connectivity index is 1.74. The number of nitrogens with one attached hydrogen (secondary N) is 1. The van der Waals surface area contributed by atoms with Gasteiger partial charge in [0.15, 0.2) is 0 Å². The molecule has 0 radical (unpaired) electrons. The lowest BCUT2D eigenvalue weighted by Gasteiger charge is -2.40. The molecule has 1 unspecified atom stereocenters. The van der Waals surface area contributed by atoms with Gasteiger partial charge in [0.1, 0.15) is 0 Å². The molecule has 1 N–H and O–H groups in total. The Labute approximate surface area is 168 Å². The Bertz CT molecular complexity index is 755. The summed E-state index contributed by atoms with van der Waals surface area (Å²) >= 11 is 0. The summed E-state index contributed by atoms with van der Waals surface area (Å²) in [4.78, 5) is 17.4. The van der Waals surface area contributed by atoms with Crippen LogP contribution in [-0.2, 0) is 11.2 Å². The van der Waals surface area contributed by atoms with Crippen LogP contribution in [0.1, 0.15) is 29.3 Å². The van der Waals surface area contributed by atoms with Gasteiger partial charge in [-0.05, 0) is 50.3 Å². The fraction of sp³-hybridized carbons (Fsp3) is 0.435. The minimum atomic E-state index is -0.429. The number of amides is 1. The summed E-state index contributed by atoms with van der Waals surface area (Å²) in [5.41, 5.74) is 2.60. The molecule has 1 fully saturated rings. The largest absolute Gasteiger partial charge is 0.378 e. The molecular weight excluding hydrogens is 350 g/mol. The lowest BCUT2D eigenvalue weighted by molar-refractivity contribution is 0.0670. The second-order valence-corrected chi connectivity index (χ2v) is 7.54. The summed E-state index contributed by atoms with van der Waals surface area (Å²) < 4.78 is 5.41. The number of nitrogens with zero attached hydrogens (tertiary/aromatic N) is 2. The maximum atomic E-state index is 13.0. The average molecular weight is 382 g/mol. The Kier molecular flexibility index (Phi) is 6.70. The van der Waals surface area contributed by atoms with Gasteiger partial charge in [-0.15, -0.1) is 0 Å². The highest BCUT2D eigenvalue weighted by Crippen LogP contribution is 2.22. The fourth-order valence-electron chi connectivity index (χ4n) is 3.71. The molecule has 5 heteroatoms. The topological polar surface area (TPSA) is 44.8 Å². The number of carbonyl (C=O) groups excluding carboxylic acids is 1. The molecule has 2 aromatic rings. The van der Waals surface area contributed by atoms with Crippen molar-refractivity contribution in [2.24, 2.45) is 0 Å². The molecule has 5 nitrogen and oxygen atoms in total. The molecule has 0 bridgehead atoms. The number of hydrogen-bond acceptors (Lipinski definition) is 4. The highest BCUT2D eigenvalue weighted by atomic mass is 16.5. The summed E-state index contributed by atoms with van der Waals surface area (Å²) in [6.45, 7) is 5.41. The van der Waals surface area contributed by atoms with Crippen LogP contribution in [0.3, 0.4) is 0 Å². The number of hydrogen-bond donors (Lipinski definition) is 1.